The average Bonchev–Trinajstić information content (AvgIpc) is 2.05. The van der Waals surface area contributed by atoms with Gasteiger partial charge in [0.1, 0.15) is 0 Å². The molecule has 12 heavy (non-hydrogen) atoms. The van der Waals surface area contributed by atoms with Crippen LogP contribution in [0.25, 0.3) is 0 Å². The van der Waals surface area contributed by atoms with E-state index >= 15 is 0 Å². The molecular formula is C10H19NO. The van der Waals surface area contributed by atoms with Crippen molar-refractivity contribution in [3.63, 3.8) is 0 Å². The molecule has 1 aliphatic rings. The van der Waals surface area contributed by atoms with Crippen molar-refractivity contribution in [2.75, 3.05) is 0 Å². The van der Waals surface area contributed by atoms with Crippen LogP contribution in [0.5, 0.6) is 0 Å². The minimum Gasteiger partial charge on any atom is -0.354 e. The Labute approximate surface area is 74.7 Å². The maximum absolute atomic E-state index is 10.8. The summed E-state index contributed by atoms with van der Waals surface area (Å²) in [6.07, 6.45) is 6.24. The summed E-state index contributed by atoms with van der Waals surface area (Å²) in [7, 11) is 0. The van der Waals surface area contributed by atoms with Gasteiger partial charge in [-0.25, -0.2) is 0 Å². The summed E-state index contributed by atoms with van der Waals surface area (Å²) in [5.41, 5.74) is 0. The van der Waals surface area contributed by atoms with Crippen LogP contribution in [-0.4, -0.2) is 11.9 Å². The predicted molar refractivity (Wildman–Crippen MR) is 49.9 cm³/mol. The van der Waals surface area contributed by atoms with E-state index in [0.717, 1.165) is 5.92 Å². The van der Waals surface area contributed by atoms with Crippen molar-refractivity contribution in [3.05, 3.63) is 0 Å². The molecule has 1 rings (SSSR count). The number of rotatable bonds is 2. The van der Waals surface area contributed by atoms with E-state index in [2.05, 4.69) is 12.2 Å². The van der Waals surface area contributed by atoms with Crippen molar-refractivity contribution in [1.29, 1.82) is 0 Å². The Bertz CT molecular complexity index is 148. The third-order valence-electron chi connectivity index (χ3n) is 2.83. The van der Waals surface area contributed by atoms with Crippen LogP contribution in [0, 0.1) is 5.92 Å². The molecule has 0 saturated heterocycles. The average molecular weight is 169 g/mol. The lowest BCUT2D eigenvalue weighted by atomic mass is 9.84. The second-order valence-electron chi connectivity index (χ2n) is 3.83. The topological polar surface area (TPSA) is 29.1 Å². The van der Waals surface area contributed by atoms with Crippen molar-refractivity contribution in [2.45, 2.75) is 52.0 Å². The quantitative estimate of drug-likeness (QED) is 0.673. The summed E-state index contributed by atoms with van der Waals surface area (Å²) in [5, 5.41) is 2.99. The lowest BCUT2D eigenvalue weighted by Gasteiger charge is -2.27. The van der Waals surface area contributed by atoms with E-state index in [1.165, 1.54) is 32.1 Å². The van der Waals surface area contributed by atoms with E-state index in [-0.39, 0.29) is 5.91 Å². The Kier molecular flexibility index (Phi) is 3.57. The fourth-order valence-electron chi connectivity index (χ4n) is 2.00. The zero-order chi connectivity index (χ0) is 8.97. The molecule has 0 spiro atoms. The van der Waals surface area contributed by atoms with Crippen LogP contribution in [0.2, 0.25) is 0 Å². The summed E-state index contributed by atoms with van der Waals surface area (Å²) in [4.78, 5) is 10.8. The summed E-state index contributed by atoms with van der Waals surface area (Å²) in [6.45, 7) is 3.86. The third-order valence-corrected chi connectivity index (χ3v) is 2.83. The van der Waals surface area contributed by atoms with E-state index in [1.807, 2.05) is 0 Å². The van der Waals surface area contributed by atoms with Crippen LogP contribution in [0.4, 0.5) is 0 Å². The van der Waals surface area contributed by atoms with Crippen molar-refractivity contribution in [2.24, 2.45) is 5.92 Å². The first-order valence-corrected chi connectivity index (χ1v) is 4.99. The van der Waals surface area contributed by atoms with E-state index in [9.17, 15) is 4.79 Å². The molecule has 70 valence electrons. The van der Waals surface area contributed by atoms with Crippen LogP contribution in [0.1, 0.15) is 46.0 Å². The largest absolute Gasteiger partial charge is 0.354 e. The molecule has 1 aliphatic carbocycles. The van der Waals surface area contributed by atoms with Gasteiger partial charge in [-0.2, -0.15) is 0 Å². The molecule has 1 saturated carbocycles. The summed E-state index contributed by atoms with van der Waals surface area (Å²) < 4.78 is 0. The maximum atomic E-state index is 10.8. The summed E-state index contributed by atoms with van der Waals surface area (Å²) >= 11 is 0. The van der Waals surface area contributed by atoms with E-state index in [0.29, 0.717) is 6.04 Å². The fourth-order valence-corrected chi connectivity index (χ4v) is 2.00. The number of hydrogen-bond donors (Lipinski definition) is 1. The Morgan fingerprint density at radius 2 is 1.92 bits per heavy atom. The van der Waals surface area contributed by atoms with Crippen molar-refractivity contribution < 1.29 is 4.79 Å². The highest BCUT2D eigenvalue weighted by Gasteiger charge is 2.19. The van der Waals surface area contributed by atoms with Crippen molar-refractivity contribution >= 4 is 5.91 Å². The predicted octanol–water partition coefficient (Wildman–Crippen LogP) is 2.09. The highest BCUT2D eigenvalue weighted by Crippen LogP contribution is 2.26. The van der Waals surface area contributed by atoms with Gasteiger partial charge < -0.3 is 5.32 Å². The van der Waals surface area contributed by atoms with Crippen LogP contribution >= 0.6 is 0 Å². The molecule has 0 unspecified atom stereocenters. The Morgan fingerprint density at radius 1 is 1.33 bits per heavy atom. The Morgan fingerprint density at radius 3 is 2.33 bits per heavy atom. The van der Waals surface area contributed by atoms with Gasteiger partial charge in [0.2, 0.25) is 5.91 Å². The molecule has 1 fully saturated rings. The molecule has 0 radical (unpaired) electrons. The molecule has 0 aromatic rings. The number of amides is 1. The lowest BCUT2D eigenvalue weighted by Crippen LogP contribution is -2.36. The number of hydrogen-bond acceptors (Lipinski definition) is 1. The normalized spacial score (nSPS) is 29.8. The van der Waals surface area contributed by atoms with Gasteiger partial charge in [-0.3, -0.25) is 4.79 Å². The van der Waals surface area contributed by atoms with E-state index in [1.54, 1.807) is 6.92 Å². The lowest BCUT2D eigenvalue weighted by molar-refractivity contribution is -0.119. The van der Waals surface area contributed by atoms with Crippen LogP contribution in [0.3, 0.4) is 0 Å². The molecule has 2 nitrogen and oxygen atoms in total. The minimum absolute atomic E-state index is 0.120. The molecule has 0 aliphatic heterocycles. The van der Waals surface area contributed by atoms with Crippen molar-refractivity contribution in [3.8, 4) is 0 Å². The third kappa shape index (κ3) is 2.84. The molecule has 0 bridgehead atoms. The molecule has 1 amide bonds. The number of nitrogens with one attached hydrogen (secondary N) is 1. The minimum atomic E-state index is 0.120. The van der Waals surface area contributed by atoms with Crippen molar-refractivity contribution in [1.82, 2.24) is 5.32 Å². The fraction of sp³-hybridized carbons (Fsp3) is 0.900. The molecule has 1 N–H and O–H groups in total. The van der Waals surface area contributed by atoms with E-state index in [4.69, 9.17) is 0 Å². The highest BCUT2D eigenvalue weighted by molar-refractivity contribution is 5.73. The smallest absolute Gasteiger partial charge is 0.217 e. The summed E-state index contributed by atoms with van der Waals surface area (Å²) in [5.74, 6) is 1.03. The maximum Gasteiger partial charge on any atom is 0.217 e. The van der Waals surface area contributed by atoms with Gasteiger partial charge in [0, 0.05) is 13.0 Å². The Balaban J connectivity index is 2.21. The Hall–Kier alpha value is -0.530. The van der Waals surface area contributed by atoms with E-state index < -0.39 is 0 Å². The SMILES string of the molecule is CC[C@H]1CC[C@H](NC(C)=O)CC1. The molecular weight excluding hydrogens is 150 g/mol. The van der Waals surface area contributed by atoms with Gasteiger partial charge in [-0.05, 0) is 31.6 Å². The first kappa shape index (κ1) is 9.56. The summed E-state index contributed by atoms with van der Waals surface area (Å²) in [6, 6.07) is 0.463. The van der Waals surface area contributed by atoms with Gasteiger partial charge in [0.25, 0.3) is 0 Å². The first-order valence-electron chi connectivity index (χ1n) is 4.99. The number of carbonyl (C=O) groups is 1. The van der Waals surface area contributed by atoms with Gasteiger partial charge in [-0.15, -0.1) is 0 Å². The first-order chi connectivity index (χ1) is 5.72. The number of carbonyl (C=O) groups excluding carboxylic acids is 1. The molecule has 2 heteroatoms. The van der Waals surface area contributed by atoms with Crippen LogP contribution in [0.15, 0.2) is 0 Å². The molecule has 0 aromatic carbocycles. The second kappa shape index (κ2) is 4.48. The van der Waals surface area contributed by atoms with Gasteiger partial charge >= 0.3 is 0 Å². The standard InChI is InChI=1S/C10H19NO/c1-3-9-4-6-10(7-5-9)11-8(2)12/h9-10H,3-7H2,1-2H3,(H,11,12)/t9-,10-. The molecule has 0 atom stereocenters. The van der Waals surface area contributed by atoms with Crippen LogP contribution in [-0.2, 0) is 4.79 Å². The molecule has 0 heterocycles. The van der Waals surface area contributed by atoms with Gasteiger partial charge in [0.15, 0.2) is 0 Å². The zero-order valence-electron chi connectivity index (χ0n) is 8.10. The molecule has 0 aromatic heterocycles. The van der Waals surface area contributed by atoms with Gasteiger partial charge in [-0.1, -0.05) is 13.3 Å². The zero-order valence-corrected chi connectivity index (χ0v) is 8.10. The van der Waals surface area contributed by atoms with Gasteiger partial charge in [0.05, 0.1) is 0 Å². The van der Waals surface area contributed by atoms with Crippen LogP contribution < -0.4 is 5.32 Å². The second-order valence-corrected chi connectivity index (χ2v) is 3.83. The monoisotopic (exact) mass is 169 g/mol. The highest BCUT2D eigenvalue weighted by atomic mass is 16.1.